The molecule has 0 saturated carbocycles. The minimum Gasteiger partial charge on any atom is -0.464 e. The molecule has 0 aromatic carbocycles. The second-order valence-corrected chi connectivity index (χ2v) is 2.85. The number of rotatable bonds is 1. The fourth-order valence-corrected chi connectivity index (χ4v) is 1.16. The van der Waals surface area contributed by atoms with E-state index in [-0.39, 0.29) is 5.97 Å². The molecule has 54 valence electrons. The summed E-state index contributed by atoms with van der Waals surface area (Å²) < 4.78 is 5.38. The van der Waals surface area contributed by atoms with Crippen molar-refractivity contribution in [3.8, 4) is 0 Å². The van der Waals surface area contributed by atoms with Crippen LogP contribution >= 0.6 is 22.6 Å². The van der Waals surface area contributed by atoms with Crippen LogP contribution in [0.2, 0.25) is 0 Å². The topological polar surface area (TPSA) is 42.1 Å². The third-order valence-electron chi connectivity index (χ3n) is 1.09. The van der Waals surface area contributed by atoms with Gasteiger partial charge in [-0.05, 0) is 28.7 Å². The van der Waals surface area contributed by atoms with Crippen molar-refractivity contribution in [3.63, 3.8) is 0 Å². The number of halogens is 1. The minimum atomic E-state index is -0.325. The fraction of sp³-hybridized carbons (Fsp3) is 0.167. The lowest BCUT2D eigenvalue weighted by Gasteiger charge is -1.94. The number of H-pyrrole nitrogens is 1. The highest BCUT2D eigenvalue weighted by Gasteiger charge is 2.09. The van der Waals surface area contributed by atoms with Crippen molar-refractivity contribution >= 4 is 28.6 Å². The number of esters is 1. The first-order valence-electron chi connectivity index (χ1n) is 2.67. The van der Waals surface area contributed by atoms with E-state index in [1.165, 1.54) is 7.11 Å². The Morgan fingerprint density at radius 3 is 2.90 bits per heavy atom. The van der Waals surface area contributed by atoms with E-state index < -0.39 is 0 Å². The molecule has 10 heavy (non-hydrogen) atoms. The van der Waals surface area contributed by atoms with Crippen molar-refractivity contribution in [2.45, 2.75) is 0 Å². The maximum Gasteiger partial charge on any atom is 0.355 e. The molecule has 3 nitrogen and oxygen atoms in total. The summed E-state index contributed by atoms with van der Waals surface area (Å²) >= 11 is 2.06. The Hall–Kier alpha value is -0.520. The molecule has 0 bridgehead atoms. The number of hydrogen-bond donors (Lipinski definition) is 1. The highest BCUT2D eigenvalue weighted by Crippen LogP contribution is 2.09. The second-order valence-electron chi connectivity index (χ2n) is 1.69. The van der Waals surface area contributed by atoms with Gasteiger partial charge in [-0.2, -0.15) is 0 Å². The summed E-state index contributed by atoms with van der Waals surface area (Å²) in [7, 11) is 1.36. The molecule has 0 aliphatic rings. The van der Waals surface area contributed by atoms with E-state index in [0.29, 0.717) is 5.69 Å². The summed E-state index contributed by atoms with van der Waals surface area (Å²) in [6, 6.07) is 1.81. The number of carbonyl (C=O) groups is 1. The Labute approximate surface area is 71.9 Å². The maximum atomic E-state index is 10.8. The largest absolute Gasteiger partial charge is 0.464 e. The minimum absolute atomic E-state index is 0.325. The number of carbonyl (C=O) groups excluding carboxylic acids is 1. The van der Waals surface area contributed by atoms with Gasteiger partial charge in [0.1, 0.15) is 5.69 Å². The Bertz CT molecular complexity index is 244. The lowest BCUT2D eigenvalue weighted by molar-refractivity contribution is 0.0593. The molecule has 1 aromatic rings. The Balaban J connectivity index is 2.93. The molecular weight excluding hydrogens is 245 g/mol. The zero-order chi connectivity index (χ0) is 7.56. The van der Waals surface area contributed by atoms with Crippen LogP contribution in [0.3, 0.4) is 0 Å². The third kappa shape index (κ3) is 1.31. The summed E-state index contributed by atoms with van der Waals surface area (Å²) in [6.07, 6.45) is 1.70. The summed E-state index contributed by atoms with van der Waals surface area (Å²) in [5.74, 6) is -0.325. The van der Waals surface area contributed by atoms with Crippen molar-refractivity contribution in [2.75, 3.05) is 7.11 Å². The zero-order valence-corrected chi connectivity index (χ0v) is 7.51. The van der Waals surface area contributed by atoms with Gasteiger partial charge in [-0.25, -0.2) is 4.79 Å². The van der Waals surface area contributed by atoms with Crippen molar-refractivity contribution in [2.24, 2.45) is 0 Å². The molecule has 1 N–H and O–H groups in total. The van der Waals surface area contributed by atoms with E-state index in [1.807, 2.05) is 6.07 Å². The first kappa shape index (κ1) is 7.59. The van der Waals surface area contributed by atoms with E-state index in [0.717, 1.165) is 3.57 Å². The van der Waals surface area contributed by atoms with Gasteiger partial charge in [0.15, 0.2) is 0 Å². The number of nitrogens with one attached hydrogen (secondary N) is 1. The van der Waals surface area contributed by atoms with Crippen molar-refractivity contribution in [3.05, 3.63) is 21.5 Å². The molecule has 0 unspecified atom stereocenters. The fourth-order valence-electron chi connectivity index (χ4n) is 0.609. The quantitative estimate of drug-likeness (QED) is 0.605. The van der Waals surface area contributed by atoms with Crippen LogP contribution in [0.25, 0.3) is 0 Å². The van der Waals surface area contributed by atoms with Gasteiger partial charge in [0.25, 0.3) is 0 Å². The highest BCUT2D eigenvalue weighted by atomic mass is 127. The lowest BCUT2D eigenvalue weighted by atomic mass is 10.4. The Morgan fingerprint density at radius 1 is 1.80 bits per heavy atom. The van der Waals surface area contributed by atoms with Crippen LogP contribution in [0.4, 0.5) is 0 Å². The molecule has 1 rings (SSSR count). The smallest absolute Gasteiger partial charge is 0.355 e. The predicted octanol–water partition coefficient (Wildman–Crippen LogP) is 1.41. The molecule has 0 aliphatic heterocycles. The van der Waals surface area contributed by atoms with Crippen molar-refractivity contribution < 1.29 is 9.53 Å². The first-order valence-corrected chi connectivity index (χ1v) is 3.74. The molecule has 1 aromatic heterocycles. The van der Waals surface area contributed by atoms with E-state index in [2.05, 4.69) is 32.3 Å². The normalized spacial score (nSPS) is 9.40. The molecular formula is C6H6INO2. The lowest BCUT2D eigenvalue weighted by Crippen LogP contribution is -2.02. The van der Waals surface area contributed by atoms with E-state index >= 15 is 0 Å². The number of aromatic nitrogens is 1. The van der Waals surface area contributed by atoms with E-state index in [4.69, 9.17) is 0 Å². The van der Waals surface area contributed by atoms with Crippen LogP contribution in [0.15, 0.2) is 12.3 Å². The van der Waals surface area contributed by atoms with Gasteiger partial charge < -0.3 is 9.72 Å². The van der Waals surface area contributed by atoms with E-state index in [9.17, 15) is 4.79 Å². The zero-order valence-electron chi connectivity index (χ0n) is 5.35. The van der Waals surface area contributed by atoms with Crippen LogP contribution in [-0.4, -0.2) is 18.1 Å². The Kier molecular flexibility index (Phi) is 2.31. The van der Waals surface area contributed by atoms with Crippen LogP contribution in [-0.2, 0) is 4.74 Å². The van der Waals surface area contributed by atoms with Crippen molar-refractivity contribution in [1.29, 1.82) is 0 Å². The number of hydrogen-bond acceptors (Lipinski definition) is 2. The van der Waals surface area contributed by atoms with Gasteiger partial charge in [0.05, 0.1) is 7.11 Å². The molecule has 0 spiro atoms. The predicted molar refractivity (Wildman–Crippen MR) is 44.8 cm³/mol. The average molecular weight is 251 g/mol. The van der Waals surface area contributed by atoms with Crippen molar-refractivity contribution in [1.82, 2.24) is 4.98 Å². The van der Waals surface area contributed by atoms with Crippen LogP contribution < -0.4 is 0 Å². The summed E-state index contributed by atoms with van der Waals surface area (Å²) in [4.78, 5) is 13.6. The molecule has 1 heterocycles. The molecule has 4 heteroatoms. The molecule has 0 atom stereocenters. The molecule has 0 amide bonds. The number of methoxy groups -OCH3 is 1. The summed E-state index contributed by atoms with van der Waals surface area (Å²) in [5.41, 5.74) is 0.517. The Morgan fingerprint density at radius 2 is 2.50 bits per heavy atom. The first-order chi connectivity index (χ1) is 4.75. The van der Waals surface area contributed by atoms with Gasteiger partial charge in [0.2, 0.25) is 0 Å². The molecule has 0 saturated heterocycles. The molecule has 0 fully saturated rings. The van der Waals surface area contributed by atoms with Gasteiger partial charge in [-0.3, -0.25) is 0 Å². The maximum absolute atomic E-state index is 10.8. The SMILES string of the molecule is COC(=O)c1[nH]ccc1I. The van der Waals surface area contributed by atoms with Gasteiger partial charge in [-0.1, -0.05) is 0 Å². The van der Waals surface area contributed by atoms with Gasteiger partial charge in [-0.15, -0.1) is 0 Å². The second kappa shape index (κ2) is 3.05. The molecule has 0 radical (unpaired) electrons. The van der Waals surface area contributed by atoms with Crippen LogP contribution in [0.1, 0.15) is 10.5 Å². The van der Waals surface area contributed by atoms with E-state index in [1.54, 1.807) is 6.20 Å². The van der Waals surface area contributed by atoms with Gasteiger partial charge in [0, 0.05) is 9.77 Å². The summed E-state index contributed by atoms with van der Waals surface area (Å²) in [5, 5.41) is 0. The monoisotopic (exact) mass is 251 g/mol. The highest BCUT2D eigenvalue weighted by molar-refractivity contribution is 14.1. The third-order valence-corrected chi connectivity index (χ3v) is 1.98. The number of ether oxygens (including phenoxy) is 1. The molecule has 0 aliphatic carbocycles. The van der Waals surface area contributed by atoms with Crippen LogP contribution in [0, 0.1) is 3.57 Å². The standard InChI is InChI=1S/C6H6INO2/c1-10-6(9)5-4(7)2-3-8-5/h2-3,8H,1H3. The van der Waals surface area contributed by atoms with Crippen LogP contribution in [0.5, 0.6) is 0 Å². The number of aromatic amines is 1. The summed E-state index contributed by atoms with van der Waals surface area (Å²) in [6.45, 7) is 0. The van der Waals surface area contributed by atoms with Gasteiger partial charge >= 0.3 is 5.97 Å². The average Bonchev–Trinajstić information content (AvgIpc) is 2.34.